The number of hydrogen-bond acceptors (Lipinski definition) is 8. The van der Waals surface area contributed by atoms with Crippen LogP contribution in [0.25, 0.3) is 10.8 Å². The molecular formula is C30H36Cl2N2O6S. The predicted octanol–water partition coefficient (Wildman–Crippen LogP) is 9.01. The number of benzene rings is 3. The fourth-order valence-corrected chi connectivity index (χ4v) is 5.03. The largest absolute Gasteiger partial charge is 0.506 e. The van der Waals surface area contributed by atoms with Crippen LogP contribution in [0.5, 0.6) is 11.5 Å². The number of rotatable bonds is 17. The van der Waals surface area contributed by atoms with Crippen molar-refractivity contribution in [2.75, 3.05) is 11.9 Å². The van der Waals surface area contributed by atoms with Crippen molar-refractivity contribution in [2.24, 2.45) is 5.14 Å². The SMILES string of the molecule is CCCCCCCCCCCCOC(=O)c1cc(NC(=O)c2ccc3ccc(OOSN)cc3c2O)c(Cl)cc1Cl. The lowest BCUT2D eigenvalue weighted by molar-refractivity contribution is -0.0775. The number of phenolic OH excluding ortho intramolecular Hbond substituents is 1. The van der Waals surface area contributed by atoms with Crippen molar-refractivity contribution < 1.29 is 28.7 Å². The Bertz CT molecular complexity index is 1320. The number of amides is 1. The number of hydrogen-bond donors (Lipinski definition) is 3. The van der Waals surface area contributed by atoms with Crippen LogP contribution >= 0.6 is 35.4 Å². The Labute approximate surface area is 255 Å². The first kappa shape index (κ1) is 32.8. The highest BCUT2D eigenvalue weighted by Gasteiger charge is 2.20. The maximum atomic E-state index is 13.1. The Kier molecular flexibility index (Phi) is 13.9. The third kappa shape index (κ3) is 9.97. The van der Waals surface area contributed by atoms with E-state index in [-0.39, 0.29) is 45.0 Å². The number of anilines is 1. The summed E-state index contributed by atoms with van der Waals surface area (Å²) in [5.41, 5.74) is 0.220. The molecule has 0 aliphatic rings. The number of phenols is 1. The molecule has 0 radical (unpaired) electrons. The van der Waals surface area contributed by atoms with E-state index in [2.05, 4.69) is 16.6 Å². The predicted molar refractivity (Wildman–Crippen MR) is 166 cm³/mol. The van der Waals surface area contributed by atoms with Gasteiger partial charge in [0, 0.05) is 5.39 Å². The van der Waals surface area contributed by atoms with Crippen molar-refractivity contribution >= 4 is 63.8 Å². The van der Waals surface area contributed by atoms with Gasteiger partial charge in [0.25, 0.3) is 5.91 Å². The molecule has 3 rings (SSSR count). The summed E-state index contributed by atoms with van der Waals surface area (Å²) in [6.07, 6.45) is 11.8. The molecule has 0 unspecified atom stereocenters. The van der Waals surface area contributed by atoms with E-state index in [0.29, 0.717) is 23.0 Å². The van der Waals surface area contributed by atoms with Gasteiger partial charge < -0.3 is 20.0 Å². The maximum Gasteiger partial charge on any atom is 0.339 e. The van der Waals surface area contributed by atoms with Gasteiger partial charge >= 0.3 is 5.97 Å². The zero-order valence-corrected chi connectivity index (χ0v) is 25.4. The van der Waals surface area contributed by atoms with Gasteiger partial charge in [-0.15, -0.1) is 0 Å². The van der Waals surface area contributed by atoms with Gasteiger partial charge in [-0.2, -0.15) is 0 Å². The topological polar surface area (TPSA) is 120 Å². The molecular weight excluding hydrogens is 587 g/mol. The minimum atomic E-state index is -0.640. The second-order valence-electron chi connectivity index (χ2n) is 9.68. The van der Waals surface area contributed by atoms with Crippen LogP contribution < -0.4 is 15.3 Å². The monoisotopic (exact) mass is 622 g/mol. The third-order valence-electron chi connectivity index (χ3n) is 6.63. The first-order valence-corrected chi connectivity index (χ1v) is 15.3. The number of carbonyl (C=O) groups is 2. The molecule has 0 atom stereocenters. The first-order chi connectivity index (χ1) is 19.8. The summed E-state index contributed by atoms with van der Waals surface area (Å²) in [7, 11) is 0. The number of carbonyl (C=O) groups excluding carboxylic acids is 2. The third-order valence-corrected chi connectivity index (χ3v) is 7.41. The molecule has 3 aromatic rings. The van der Waals surface area contributed by atoms with Crippen LogP contribution in [0.3, 0.4) is 0 Å². The van der Waals surface area contributed by atoms with Gasteiger partial charge in [-0.3, -0.25) is 9.93 Å². The van der Waals surface area contributed by atoms with Crippen LogP contribution in [-0.2, 0) is 9.07 Å². The summed E-state index contributed by atoms with van der Waals surface area (Å²) in [6, 6.07) is 10.7. The number of nitrogens with one attached hydrogen (secondary N) is 1. The number of fused-ring (bicyclic) bond motifs is 1. The van der Waals surface area contributed by atoms with E-state index in [0.717, 1.165) is 19.3 Å². The number of nitrogens with two attached hydrogens (primary N) is 1. The van der Waals surface area contributed by atoms with Gasteiger partial charge in [-0.05, 0) is 42.1 Å². The molecule has 222 valence electrons. The molecule has 0 fully saturated rings. The van der Waals surface area contributed by atoms with Crippen LogP contribution in [0.4, 0.5) is 5.69 Å². The molecule has 11 heteroatoms. The lowest BCUT2D eigenvalue weighted by Crippen LogP contribution is -2.14. The molecule has 0 aliphatic heterocycles. The van der Waals surface area contributed by atoms with Crippen molar-refractivity contribution in [3.8, 4) is 11.5 Å². The smallest absolute Gasteiger partial charge is 0.339 e. The van der Waals surface area contributed by atoms with E-state index in [1.165, 1.54) is 69.2 Å². The van der Waals surface area contributed by atoms with Crippen molar-refractivity contribution in [1.82, 2.24) is 0 Å². The first-order valence-electron chi connectivity index (χ1n) is 13.8. The lowest BCUT2D eigenvalue weighted by Gasteiger charge is -2.13. The number of esters is 1. The molecule has 0 saturated carbocycles. The molecule has 41 heavy (non-hydrogen) atoms. The van der Waals surface area contributed by atoms with Gasteiger partial charge in [0.1, 0.15) is 18.0 Å². The molecule has 4 N–H and O–H groups in total. The van der Waals surface area contributed by atoms with E-state index in [4.69, 9.17) is 38.0 Å². The Morgan fingerprint density at radius 1 is 0.878 bits per heavy atom. The van der Waals surface area contributed by atoms with Gasteiger partial charge in [0.05, 0.1) is 33.5 Å². The summed E-state index contributed by atoms with van der Waals surface area (Å²) in [6.45, 7) is 2.50. The van der Waals surface area contributed by atoms with Crippen molar-refractivity contribution in [3.05, 3.63) is 63.6 Å². The van der Waals surface area contributed by atoms with E-state index >= 15 is 0 Å². The highest BCUT2D eigenvalue weighted by Crippen LogP contribution is 2.34. The Balaban J connectivity index is 1.57. The maximum absolute atomic E-state index is 13.1. The molecule has 0 bridgehead atoms. The Hall–Kier alpha value is -2.69. The summed E-state index contributed by atoms with van der Waals surface area (Å²) in [4.78, 5) is 30.8. The summed E-state index contributed by atoms with van der Waals surface area (Å²) >= 11 is 13.1. The second kappa shape index (κ2) is 17.3. The van der Waals surface area contributed by atoms with Gasteiger partial charge in [-0.1, -0.05) is 104 Å². The van der Waals surface area contributed by atoms with Gasteiger partial charge in [0.15, 0.2) is 5.75 Å². The van der Waals surface area contributed by atoms with E-state index < -0.39 is 11.9 Å². The van der Waals surface area contributed by atoms with Crippen LogP contribution in [-0.4, -0.2) is 23.6 Å². The Morgan fingerprint density at radius 3 is 2.22 bits per heavy atom. The molecule has 0 aromatic heterocycles. The van der Waals surface area contributed by atoms with Crippen LogP contribution in [0.2, 0.25) is 10.0 Å². The number of halogens is 2. The van der Waals surface area contributed by atoms with Crippen molar-refractivity contribution in [2.45, 2.75) is 71.1 Å². The fourth-order valence-electron chi connectivity index (χ4n) is 4.40. The summed E-state index contributed by atoms with van der Waals surface area (Å²) in [5.74, 6) is -1.23. The van der Waals surface area contributed by atoms with E-state index in [1.807, 2.05) is 0 Å². The highest BCUT2D eigenvalue weighted by molar-refractivity contribution is 7.92. The van der Waals surface area contributed by atoms with Crippen LogP contribution in [0.15, 0.2) is 42.5 Å². The average molecular weight is 624 g/mol. The molecule has 1 amide bonds. The van der Waals surface area contributed by atoms with Crippen molar-refractivity contribution in [3.63, 3.8) is 0 Å². The summed E-state index contributed by atoms with van der Waals surface area (Å²) < 4.78 is 10.1. The molecule has 8 nitrogen and oxygen atoms in total. The normalized spacial score (nSPS) is 11.0. The molecule has 3 aromatic carbocycles. The number of aromatic hydroxyl groups is 1. The lowest BCUT2D eigenvalue weighted by atomic mass is 10.0. The van der Waals surface area contributed by atoms with Gasteiger partial charge in [0.2, 0.25) is 0 Å². The molecule has 0 spiro atoms. The minimum Gasteiger partial charge on any atom is -0.506 e. The average Bonchev–Trinajstić information content (AvgIpc) is 2.96. The molecule has 0 saturated heterocycles. The van der Waals surface area contributed by atoms with E-state index in [1.54, 1.807) is 18.2 Å². The fraction of sp³-hybridized carbons (Fsp3) is 0.400. The number of unbranched alkanes of at least 4 members (excludes halogenated alkanes) is 9. The minimum absolute atomic E-state index is 0.0140. The Morgan fingerprint density at radius 2 is 1.54 bits per heavy atom. The van der Waals surface area contributed by atoms with E-state index in [9.17, 15) is 14.7 Å². The molecule has 0 aliphatic carbocycles. The quantitative estimate of drug-likeness (QED) is 0.0340. The highest BCUT2D eigenvalue weighted by atomic mass is 35.5. The van der Waals surface area contributed by atoms with Gasteiger partial charge in [-0.25, -0.2) is 4.79 Å². The zero-order valence-electron chi connectivity index (χ0n) is 23.0. The van der Waals surface area contributed by atoms with Crippen molar-refractivity contribution in [1.29, 1.82) is 0 Å². The number of ether oxygens (including phenoxy) is 1. The summed E-state index contributed by atoms with van der Waals surface area (Å²) in [5, 5.41) is 19.9. The standard InChI is InChI=1S/C30H36Cl2N2O6S/c1-2-3-4-5-6-7-8-9-10-11-16-38-30(37)24-18-27(26(32)19-25(24)31)34-29(36)22-15-13-20-12-14-21(39-40-41-33)17-23(20)28(22)35/h12-15,17-19,35H,2-11,16,33H2,1H3,(H,34,36). The van der Waals surface area contributed by atoms with Crippen LogP contribution in [0.1, 0.15) is 91.8 Å². The zero-order chi connectivity index (χ0) is 29.6. The van der Waals surface area contributed by atoms with Crippen LogP contribution in [0, 0.1) is 0 Å². The second-order valence-corrected chi connectivity index (χ2v) is 10.8. The molecule has 0 heterocycles.